The number of carbonyl (C=O) groups excluding carboxylic acids is 2. The van der Waals surface area contributed by atoms with Gasteiger partial charge in [-0.05, 0) is 55.0 Å². The normalized spacial score (nSPS) is 11.4. The maximum atomic E-state index is 13.2. The van der Waals surface area contributed by atoms with E-state index in [9.17, 15) is 22.8 Å². The number of anilines is 2. The van der Waals surface area contributed by atoms with Crippen LogP contribution in [0.2, 0.25) is 0 Å². The lowest BCUT2D eigenvalue weighted by atomic mass is 10.1. The second kappa shape index (κ2) is 8.35. The lowest BCUT2D eigenvalue weighted by Gasteiger charge is -2.14. The van der Waals surface area contributed by atoms with Gasteiger partial charge >= 0.3 is 6.18 Å². The topological polar surface area (TPSA) is 89.2 Å². The Bertz CT molecular complexity index is 1260. The maximum absolute atomic E-state index is 13.2. The van der Waals surface area contributed by atoms with E-state index in [-0.39, 0.29) is 22.0 Å². The molecule has 0 aliphatic rings. The molecule has 2 N–H and O–H groups in total. The molecule has 2 amide bonds. The van der Waals surface area contributed by atoms with Crippen molar-refractivity contribution in [3.8, 4) is 5.69 Å². The minimum Gasteiger partial charge on any atom is -0.459 e. The van der Waals surface area contributed by atoms with Gasteiger partial charge in [-0.2, -0.15) is 18.3 Å². The molecule has 3 aromatic heterocycles. The molecule has 0 atom stereocenters. The quantitative estimate of drug-likeness (QED) is 0.420. The predicted octanol–water partition coefficient (Wildman–Crippen LogP) is 5.36. The molecule has 4 aromatic rings. The van der Waals surface area contributed by atoms with Crippen LogP contribution in [-0.2, 0) is 6.18 Å². The molecule has 0 bridgehead atoms. The van der Waals surface area contributed by atoms with E-state index in [0.717, 1.165) is 23.5 Å². The van der Waals surface area contributed by atoms with Crippen LogP contribution in [0.25, 0.3) is 5.69 Å². The van der Waals surface area contributed by atoms with Gasteiger partial charge in [-0.15, -0.1) is 11.3 Å². The Morgan fingerprint density at radius 2 is 1.91 bits per heavy atom. The number of halogens is 3. The number of rotatable bonds is 5. The number of amides is 2. The summed E-state index contributed by atoms with van der Waals surface area (Å²) in [6.45, 7) is 1.66. The first-order valence-electron chi connectivity index (χ1n) is 9.20. The number of aryl methyl sites for hydroxylation is 1. The molecule has 0 aliphatic carbocycles. The maximum Gasteiger partial charge on any atom is 0.416 e. The van der Waals surface area contributed by atoms with E-state index in [0.29, 0.717) is 10.6 Å². The van der Waals surface area contributed by atoms with E-state index >= 15 is 0 Å². The zero-order valence-corrected chi connectivity index (χ0v) is 17.3. The van der Waals surface area contributed by atoms with Crippen molar-refractivity contribution in [3.63, 3.8) is 0 Å². The summed E-state index contributed by atoms with van der Waals surface area (Å²) in [4.78, 5) is 25.3. The molecule has 0 spiro atoms. The number of furan rings is 1. The van der Waals surface area contributed by atoms with Crippen molar-refractivity contribution in [3.05, 3.63) is 82.9 Å². The van der Waals surface area contributed by atoms with Crippen molar-refractivity contribution in [1.82, 2.24) is 9.78 Å². The zero-order chi connectivity index (χ0) is 22.9. The minimum absolute atomic E-state index is 0.0532. The average Bonchev–Trinajstić information content (AvgIpc) is 3.49. The Morgan fingerprint density at radius 3 is 2.56 bits per heavy atom. The molecule has 0 saturated carbocycles. The highest BCUT2D eigenvalue weighted by molar-refractivity contribution is 7.18. The lowest BCUT2D eigenvalue weighted by molar-refractivity contribution is -0.137. The molecule has 11 heteroatoms. The van der Waals surface area contributed by atoms with E-state index in [1.54, 1.807) is 31.3 Å². The van der Waals surface area contributed by atoms with Crippen LogP contribution in [-0.4, -0.2) is 21.6 Å². The van der Waals surface area contributed by atoms with Crippen LogP contribution in [0, 0.1) is 6.92 Å². The summed E-state index contributed by atoms with van der Waals surface area (Å²) in [6, 6.07) is 9.29. The zero-order valence-electron chi connectivity index (χ0n) is 16.4. The second-order valence-electron chi connectivity index (χ2n) is 6.69. The van der Waals surface area contributed by atoms with Gasteiger partial charge in [0.05, 0.1) is 33.1 Å². The molecule has 164 valence electrons. The van der Waals surface area contributed by atoms with Crippen molar-refractivity contribution in [2.75, 3.05) is 10.6 Å². The lowest BCUT2D eigenvalue weighted by Crippen LogP contribution is -2.15. The fourth-order valence-corrected chi connectivity index (χ4v) is 3.92. The van der Waals surface area contributed by atoms with E-state index in [4.69, 9.17) is 4.42 Å². The van der Waals surface area contributed by atoms with Crippen LogP contribution in [0.4, 0.5) is 23.9 Å². The average molecular weight is 460 g/mol. The number of benzene rings is 1. The molecule has 1 aromatic carbocycles. The van der Waals surface area contributed by atoms with Crippen LogP contribution in [0.5, 0.6) is 0 Å². The Hall–Kier alpha value is -3.86. The van der Waals surface area contributed by atoms with Crippen molar-refractivity contribution >= 4 is 33.8 Å². The monoisotopic (exact) mass is 460 g/mol. The number of alkyl halides is 3. The summed E-state index contributed by atoms with van der Waals surface area (Å²) < 4.78 is 46.1. The van der Waals surface area contributed by atoms with Crippen LogP contribution in [0.3, 0.4) is 0 Å². The molecular formula is C21H15F3N4O3S. The Labute approximate surface area is 183 Å². The van der Waals surface area contributed by atoms with Crippen molar-refractivity contribution in [2.45, 2.75) is 13.1 Å². The standard InChI is InChI=1S/C21H15F3N4O3S/c1-12-10-17(27-19(29)16-4-2-9-31-16)32-18(12)20(30)26-14-11-13(21(22,23)24)5-6-15(14)28-8-3-7-25-28/h2-11H,1H3,(H,26,30)(H,27,29). The van der Waals surface area contributed by atoms with Gasteiger partial charge in [-0.25, -0.2) is 4.68 Å². The second-order valence-corrected chi connectivity index (χ2v) is 7.74. The number of hydrogen-bond acceptors (Lipinski definition) is 5. The van der Waals surface area contributed by atoms with Crippen molar-refractivity contribution in [1.29, 1.82) is 0 Å². The number of hydrogen-bond donors (Lipinski definition) is 2. The first kappa shape index (κ1) is 21.4. The van der Waals surface area contributed by atoms with Crippen LogP contribution in [0.1, 0.15) is 31.4 Å². The van der Waals surface area contributed by atoms with Crippen LogP contribution < -0.4 is 10.6 Å². The highest BCUT2D eigenvalue weighted by Gasteiger charge is 2.31. The summed E-state index contributed by atoms with van der Waals surface area (Å²) in [5.41, 5.74) is -0.132. The molecule has 0 radical (unpaired) electrons. The minimum atomic E-state index is -4.58. The van der Waals surface area contributed by atoms with Gasteiger partial charge in [-0.3, -0.25) is 9.59 Å². The Morgan fingerprint density at radius 1 is 1.09 bits per heavy atom. The highest BCUT2D eigenvalue weighted by Crippen LogP contribution is 2.34. The van der Waals surface area contributed by atoms with Crippen LogP contribution in [0.15, 0.2) is 65.5 Å². The first-order valence-corrected chi connectivity index (χ1v) is 10.0. The summed E-state index contributed by atoms with van der Waals surface area (Å²) >= 11 is 0.995. The third kappa shape index (κ3) is 4.42. The van der Waals surface area contributed by atoms with Gasteiger partial charge in [0.2, 0.25) is 0 Å². The third-order valence-electron chi connectivity index (χ3n) is 4.43. The van der Waals surface area contributed by atoms with E-state index in [2.05, 4.69) is 15.7 Å². The van der Waals surface area contributed by atoms with Crippen molar-refractivity contribution < 1.29 is 27.2 Å². The van der Waals surface area contributed by atoms with Gasteiger partial charge in [0.25, 0.3) is 11.8 Å². The highest BCUT2D eigenvalue weighted by atomic mass is 32.1. The van der Waals surface area contributed by atoms with E-state index in [1.165, 1.54) is 29.3 Å². The summed E-state index contributed by atoms with van der Waals surface area (Å²) in [7, 11) is 0. The molecule has 0 saturated heterocycles. The fraction of sp³-hybridized carbons (Fsp3) is 0.0952. The molecular weight excluding hydrogens is 445 g/mol. The Kier molecular flexibility index (Phi) is 5.57. The molecule has 0 unspecified atom stereocenters. The number of carbonyl (C=O) groups is 2. The molecule has 7 nitrogen and oxygen atoms in total. The first-order chi connectivity index (χ1) is 15.2. The summed E-state index contributed by atoms with van der Waals surface area (Å²) in [5, 5.41) is 9.59. The van der Waals surface area contributed by atoms with E-state index < -0.39 is 23.6 Å². The largest absolute Gasteiger partial charge is 0.459 e. The number of nitrogens with one attached hydrogen (secondary N) is 2. The smallest absolute Gasteiger partial charge is 0.416 e. The summed E-state index contributed by atoms with van der Waals surface area (Å²) in [5.74, 6) is -0.990. The molecule has 3 heterocycles. The van der Waals surface area contributed by atoms with Gasteiger partial charge in [0.15, 0.2) is 5.76 Å². The van der Waals surface area contributed by atoms with E-state index in [1.807, 2.05) is 0 Å². The predicted molar refractivity (Wildman–Crippen MR) is 112 cm³/mol. The number of thiophene rings is 1. The van der Waals surface area contributed by atoms with Gasteiger partial charge in [-0.1, -0.05) is 0 Å². The fourth-order valence-electron chi connectivity index (χ4n) is 2.95. The number of aromatic nitrogens is 2. The Balaban J connectivity index is 1.61. The van der Waals surface area contributed by atoms with Crippen LogP contribution >= 0.6 is 11.3 Å². The number of nitrogens with zero attached hydrogens (tertiary/aromatic N) is 2. The summed E-state index contributed by atoms with van der Waals surface area (Å²) in [6.07, 6.45) is -0.193. The molecule has 32 heavy (non-hydrogen) atoms. The van der Waals surface area contributed by atoms with Crippen molar-refractivity contribution in [2.24, 2.45) is 0 Å². The SMILES string of the molecule is Cc1cc(NC(=O)c2ccco2)sc1C(=O)Nc1cc(C(F)(F)F)ccc1-n1cccn1. The molecule has 0 aliphatic heterocycles. The third-order valence-corrected chi connectivity index (χ3v) is 5.58. The van der Waals surface area contributed by atoms with Gasteiger partial charge < -0.3 is 15.1 Å². The molecule has 4 rings (SSSR count). The van der Waals surface area contributed by atoms with Gasteiger partial charge in [0, 0.05) is 12.4 Å². The van der Waals surface area contributed by atoms with Gasteiger partial charge in [0.1, 0.15) is 0 Å². The molecule has 0 fully saturated rings.